The van der Waals surface area contributed by atoms with Gasteiger partial charge in [0.2, 0.25) is 0 Å². The van der Waals surface area contributed by atoms with E-state index >= 15 is 0 Å². The van der Waals surface area contributed by atoms with E-state index in [1.165, 1.54) is 18.2 Å². The number of H-pyrrole nitrogens is 1. The molecule has 13 heteroatoms. The molecule has 1 aliphatic heterocycles. The Labute approximate surface area is 203 Å². The summed E-state index contributed by atoms with van der Waals surface area (Å²) in [4.78, 5) is 27.0. The minimum atomic E-state index is -1.33. The maximum absolute atomic E-state index is 14.5. The molecule has 5 rings (SSSR count). The number of carbonyl (C=O) groups excluding carboxylic acids is 1. The maximum atomic E-state index is 14.5. The van der Waals surface area contributed by atoms with Crippen LogP contribution in [0.5, 0.6) is 0 Å². The van der Waals surface area contributed by atoms with Gasteiger partial charge in [-0.15, -0.1) is 0 Å². The number of aliphatic imine (C=N–C) groups is 1. The number of nitrogens with one attached hydrogen (secondary N) is 2. The molecule has 2 aliphatic carbocycles. The van der Waals surface area contributed by atoms with E-state index in [1.807, 2.05) is 0 Å². The third-order valence-electron chi connectivity index (χ3n) is 6.91. The quantitative estimate of drug-likeness (QED) is 0.439. The van der Waals surface area contributed by atoms with Crippen molar-refractivity contribution in [2.24, 2.45) is 16.8 Å². The number of rotatable bonds is 6. The normalized spacial score (nSPS) is 32.7. The van der Waals surface area contributed by atoms with Crippen molar-refractivity contribution in [2.45, 2.75) is 50.2 Å². The van der Waals surface area contributed by atoms with Gasteiger partial charge in [-0.1, -0.05) is 18.2 Å². The topological polar surface area (TPSA) is 140 Å². The van der Waals surface area contributed by atoms with E-state index in [0.29, 0.717) is 0 Å². The third-order valence-corrected chi connectivity index (χ3v) is 7.25. The van der Waals surface area contributed by atoms with Crippen LogP contribution < -0.4 is 5.32 Å². The van der Waals surface area contributed by atoms with Gasteiger partial charge in [-0.2, -0.15) is 5.10 Å². The first-order valence-electron chi connectivity index (χ1n) is 11.2. The molecule has 186 valence electrons. The second-order valence-corrected chi connectivity index (χ2v) is 9.56. The second-order valence-electron chi connectivity index (χ2n) is 9.20. The summed E-state index contributed by atoms with van der Waals surface area (Å²) in [6.45, 7) is 4.84. The minimum Gasteiger partial charge on any atom is -0.390 e. The number of aromatic nitrogens is 4. The average Bonchev–Trinajstić information content (AvgIpc) is 3.23. The molecule has 35 heavy (non-hydrogen) atoms. The van der Waals surface area contributed by atoms with E-state index < -0.39 is 42.2 Å². The van der Waals surface area contributed by atoms with Crippen molar-refractivity contribution < 1.29 is 23.8 Å². The number of anilines is 1. The van der Waals surface area contributed by atoms with Crippen molar-refractivity contribution in [3.05, 3.63) is 36.2 Å². The molecular weight excluding hydrogens is 484 g/mol. The predicted octanol–water partition coefficient (Wildman–Crippen LogP) is 2.08. The smallest absolute Gasteiger partial charge is 0.273 e. The molecule has 0 unspecified atom stereocenters. The molecule has 3 aliphatic rings. The molecule has 10 nitrogen and oxygen atoms in total. The first-order chi connectivity index (χ1) is 16.7. The van der Waals surface area contributed by atoms with Crippen molar-refractivity contribution in [1.29, 1.82) is 0 Å². The molecule has 7 atom stereocenters. The number of aromatic amines is 1. The molecule has 0 aromatic carbocycles. The van der Waals surface area contributed by atoms with Gasteiger partial charge in [0.1, 0.15) is 41.1 Å². The first-order valence-corrected chi connectivity index (χ1v) is 11.6. The molecule has 2 aromatic rings. The highest BCUT2D eigenvalue weighted by Crippen LogP contribution is 2.53. The average molecular weight is 508 g/mol. The van der Waals surface area contributed by atoms with Gasteiger partial charge in [-0.3, -0.25) is 9.89 Å². The number of aliphatic hydroxyl groups is 2. The Hall–Kier alpha value is -2.96. The van der Waals surface area contributed by atoms with Crippen LogP contribution in [0.3, 0.4) is 0 Å². The summed E-state index contributed by atoms with van der Waals surface area (Å²) in [5.74, 6) is -0.747. The van der Waals surface area contributed by atoms with Gasteiger partial charge in [0.15, 0.2) is 5.65 Å². The maximum Gasteiger partial charge on any atom is 0.273 e. The second kappa shape index (κ2) is 8.92. The van der Waals surface area contributed by atoms with Crippen LogP contribution >= 0.6 is 11.6 Å². The zero-order valence-electron chi connectivity index (χ0n) is 18.7. The summed E-state index contributed by atoms with van der Waals surface area (Å²) in [5.41, 5.74) is 0.419. The number of carbonyl (C=O) groups is 1. The lowest BCUT2D eigenvalue weighted by Crippen LogP contribution is -2.39. The van der Waals surface area contributed by atoms with Gasteiger partial charge in [0.05, 0.1) is 36.3 Å². The number of allylic oxidation sites excluding steroid dienone is 1. The molecule has 4 N–H and O–H groups in total. The fraction of sp³-hybridized carbons (Fsp3) is 0.500. The SMILES string of the molecule is C=C(C(Cl)=N/C=C(\C)F)[C@H]1C[C@H](F)CN1C(=O)c1[nH]nc2ncnc(N[C@H]3[C@H](O)[C@H](O)[C@@H]4C[C@@H]43)c12. The van der Waals surface area contributed by atoms with Crippen LogP contribution in [-0.2, 0) is 0 Å². The van der Waals surface area contributed by atoms with Gasteiger partial charge in [0.25, 0.3) is 5.91 Å². The van der Waals surface area contributed by atoms with Gasteiger partial charge in [0, 0.05) is 12.0 Å². The van der Waals surface area contributed by atoms with E-state index in [9.17, 15) is 23.8 Å². The first kappa shape index (κ1) is 23.8. The standard InChI is InChI=1S/C22H24ClF2N7O3/c1-8(24)5-26-19(23)9(2)13-3-10(25)6-32(13)22(35)16-14-20(27-7-28-21(14)31-30-16)29-15-11-4-12(11)17(33)18(15)34/h5,7,10-13,15,17-18,33-34H,2-4,6H2,1H3,(H2,27,28,29,30,31)/b8-5+,26-19?/t10-,11-,12+,13+,15+,17+,18-/m0/s1. The van der Waals surface area contributed by atoms with E-state index in [-0.39, 0.29) is 58.1 Å². The van der Waals surface area contributed by atoms with Crippen molar-refractivity contribution >= 4 is 39.5 Å². The Bertz CT molecular complexity index is 1250. The molecule has 0 bridgehead atoms. The minimum absolute atomic E-state index is 0.0305. The highest BCUT2D eigenvalue weighted by Gasteiger charge is 2.59. The lowest BCUT2D eigenvalue weighted by Gasteiger charge is -2.25. The molecule has 3 fully saturated rings. The van der Waals surface area contributed by atoms with Crippen LogP contribution in [0.15, 0.2) is 35.5 Å². The number of aliphatic hydroxyl groups excluding tert-OH is 2. The number of hydrogen-bond donors (Lipinski definition) is 4. The molecule has 0 spiro atoms. The molecule has 3 heterocycles. The Morgan fingerprint density at radius 2 is 2.11 bits per heavy atom. The van der Waals surface area contributed by atoms with Crippen LogP contribution in [0, 0.1) is 11.8 Å². The van der Waals surface area contributed by atoms with Gasteiger partial charge < -0.3 is 20.4 Å². The van der Waals surface area contributed by atoms with Crippen LogP contribution in [0.1, 0.15) is 30.3 Å². The van der Waals surface area contributed by atoms with E-state index in [4.69, 9.17) is 11.6 Å². The van der Waals surface area contributed by atoms with Gasteiger partial charge in [-0.25, -0.2) is 23.7 Å². The van der Waals surface area contributed by atoms with Crippen LogP contribution in [0.4, 0.5) is 14.6 Å². The fourth-order valence-electron chi connectivity index (χ4n) is 5.08. The summed E-state index contributed by atoms with van der Waals surface area (Å²) in [6, 6.07) is -1.25. The summed E-state index contributed by atoms with van der Waals surface area (Å²) < 4.78 is 27.5. The Kier molecular flexibility index (Phi) is 6.06. The molecule has 2 aromatic heterocycles. The highest BCUT2D eigenvalue weighted by molar-refractivity contribution is 6.69. The van der Waals surface area contributed by atoms with Gasteiger partial charge >= 0.3 is 0 Å². The summed E-state index contributed by atoms with van der Waals surface area (Å²) >= 11 is 6.14. The van der Waals surface area contributed by atoms with E-state index in [2.05, 4.69) is 37.1 Å². The highest BCUT2D eigenvalue weighted by atomic mass is 35.5. The number of likely N-dealkylation sites (tertiary alicyclic amines) is 1. The largest absolute Gasteiger partial charge is 0.390 e. The van der Waals surface area contributed by atoms with Crippen molar-refractivity contribution in [2.75, 3.05) is 11.9 Å². The number of hydrogen-bond acceptors (Lipinski definition) is 8. The molecule has 2 saturated carbocycles. The van der Waals surface area contributed by atoms with E-state index in [0.717, 1.165) is 12.6 Å². The zero-order valence-corrected chi connectivity index (χ0v) is 19.5. The number of amides is 1. The Morgan fingerprint density at radius 1 is 1.34 bits per heavy atom. The molecule has 1 amide bonds. The van der Waals surface area contributed by atoms with Crippen molar-refractivity contribution in [3.8, 4) is 0 Å². The van der Waals surface area contributed by atoms with E-state index in [1.54, 1.807) is 0 Å². The van der Waals surface area contributed by atoms with Crippen molar-refractivity contribution in [3.63, 3.8) is 0 Å². The van der Waals surface area contributed by atoms with Gasteiger partial charge in [-0.05, 0) is 25.2 Å². The zero-order chi connectivity index (χ0) is 25.0. The van der Waals surface area contributed by atoms with Crippen LogP contribution in [0.25, 0.3) is 11.0 Å². The molecule has 1 saturated heterocycles. The Balaban J connectivity index is 1.45. The number of fused-ring (bicyclic) bond motifs is 2. The van der Waals surface area contributed by atoms with Crippen LogP contribution in [0.2, 0.25) is 0 Å². The lowest BCUT2D eigenvalue weighted by atomic mass is 10.1. The number of alkyl halides is 1. The lowest BCUT2D eigenvalue weighted by molar-refractivity contribution is 0.0201. The summed E-state index contributed by atoms with van der Waals surface area (Å²) in [5, 5.41) is 30.6. The molecule has 0 radical (unpaired) electrons. The predicted molar refractivity (Wildman–Crippen MR) is 124 cm³/mol. The van der Waals surface area contributed by atoms with Crippen molar-refractivity contribution in [1.82, 2.24) is 25.1 Å². The van der Waals surface area contributed by atoms with Crippen LogP contribution in [-0.4, -0.2) is 83.4 Å². The number of nitrogens with zero attached hydrogens (tertiary/aromatic N) is 5. The Morgan fingerprint density at radius 3 is 2.80 bits per heavy atom. The fourth-order valence-corrected chi connectivity index (χ4v) is 5.25. The monoisotopic (exact) mass is 507 g/mol. The summed E-state index contributed by atoms with van der Waals surface area (Å²) in [6.07, 6.45) is -0.187. The third kappa shape index (κ3) is 4.19. The molecular formula is C22H24ClF2N7O3. The summed E-state index contributed by atoms with van der Waals surface area (Å²) in [7, 11) is 0. The number of halogens is 3.